The summed E-state index contributed by atoms with van der Waals surface area (Å²) in [6, 6.07) is 6.97. The number of aromatic hydroxyl groups is 1. The van der Waals surface area contributed by atoms with Crippen molar-refractivity contribution in [2.24, 2.45) is 0 Å². The number of halogens is 4. The zero-order valence-corrected chi connectivity index (χ0v) is 15.1. The van der Waals surface area contributed by atoms with Gasteiger partial charge in [-0.15, -0.1) is 0 Å². The molecule has 1 aromatic heterocycles. The van der Waals surface area contributed by atoms with Gasteiger partial charge in [-0.05, 0) is 30.3 Å². The van der Waals surface area contributed by atoms with E-state index in [1.165, 1.54) is 12.1 Å². The predicted octanol–water partition coefficient (Wildman–Crippen LogP) is 3.53. The molecule has 0 unspecified atom stereocenters. The first-order chi connectivity index (χ1) is 12.3. The molecule has 1 aliphatic heterocycles. The number of carbonyl (C=O) groups is 1. The van der Waals surface area contributed by atoms with E-state index in [1.807, 2.05) is 4.90 Å². The van der Waals surface area contributed by atoms with Crippen LogP contribution in [-0.2, 0) is 6.18 Å². The Morgan fingerprint density at radius 1 is 1.12 bits per heavy atom. The van der Waals surface area contributed by atoms with Crippen LogP contribution in [0.3, 0.4) is 0 Å². The van der Waals surface area contributed by atoms with Crippen LogP contribution in [0.1, 0.15) is 15.9 Å². The number of aromatic nitrogens is 1. The fraction of sp³-hybridized carbons (Fsp3) is 0.294. The summed E-state index contributed by atoms with van der Waals surface area (Å²) >= 11 is 3.27. The second-order valence-corrected chi connectivity index (χ2v) is 6.76. The van der Waals surface area contributed by atoms with Crippen LogP contribution < -0.4 is 4.90 Å². The van der Waals surface area contributed by atoms with Crippen LogP contribution in [0.15, 0.2) is 41.0 Å². The van der Waals surface area contributed by atoms with Crippen molar-refractivity contribution in [1.82, 2.24) is 9.88 Å². The number of hydrogen-bond donors (Lipinski definition) is 1. The number of phenolic OH excluding ortho intramolecular Hbond substituents is 1. The van der Waals surface area contributed by atoms with E-state index in [-0.39, 0.29) is 17.2 Å². The van der Waals surface area contributed by atoms with E-state index < -0.39 is 11.7 Å². The van der Waals surface area contributed by atoms with E-state index in [9.17, 15) is 23.1 Å². The number of carbonyl (C=O) groups excluding carboxylic acids is 1. The monoisotopic (exact) mass is 429 g/mol. The first-order valence-corrected chi connectivity index (χ1v) is 8.61. The van der Waals surface area contributed by atoms with Crippen molar-refractivity contribution in [3.63, 3.8) is 0 Å². The molecule has 1 saturated heterocycles. The summed E-state index contributed by atoms with van der Waals surface area (Å²) in [4.78, 5) is 19.9. The number of alkyl halides is 3. The lowest BCUT2D eigenvalue weighted by molar-refractivity contribution is -0.137. The number of amides is 1. The summed E-state index contributed by atoms with van der Waals surface area (Å²) < 4.78 is 38.5. The number of phenols is 1. The topological polar surface area (TPSA) is 56.7 Å². The zero-order valence-electron chi connectivity index (χ0n) is 13.5. The van der Waals surface area contributed by atoms with Gasteiger partial charge < -0.3 is 14.9 Å². The Hall–Kier alpha value is -2.29. The summed E-state index contributed by atoms with van der Waals surface area (Å²) in [5, 5.41) is 9.88. The average Bonchev–Trinajstić information content (AvgIpc) is 2.63. The summed E-state index contributed by atoms with van der Waals surface area (Å²) in [5.74, 6) is 0.0595. The molecule has 26 heavy (non-hydrogen) atoms. The largest absolute Gasteiger partial charge is 0.507 e. The van der Waals surface area contributed by atoms with Gasteiger partial charge in [-0.1, -0.05) is 15.9 Å². The quantitative estimate of drug-likeness (QED) is 0.793. The first-order valence-electron chi connectivity index (χ1n) is 7.81. The molecule has 5 nitrogen and oxygen atoms in total. The van der Waals surface area contributed by atoms with Gasteiger partial charge in [0, 0.05) is 36.8 Å². The lowest BCUT2D eigenvalue weighted by atomic mass is 10.1. The van der Waals surface area contributed by atoms with Crippen molar-refractivity contribution in [2.45, 2.75) is 6.18 Å². The van der Waals surface area contributed by atoms with Crippen LogP contribution >= 0.6 is 15.9 Å². The molecule has 0 saturated carbocycles. The Bertz CT molecular complexity index is 804. The molecule has 3 rings (SSSR count). The molecule has 1 aromatic carbocycles. The molecule has 1 N–H and O–H groups in total. The van der Waals surface area contributed by atoms with Crippen LogP contribution in [0.4, 0.5) is 19.0 Å². The minimum atomic E-state index is -4.41. The van der Waals surface area contributed by atoms with E-state index in [4.69, 9.17) is 0 Å². The van der Waals surface area contributed by atoms with Crippen molar-refractivity contribution in [2.75, 3.05) is 31.1 Å². The molecule has 0 spiro atoms. The molecule has 1 fully saturated rings. The maximum absolute atomic E-state index is 12.6. The van der Waals surface area contributed by atoms with E-state index in [0.717, 1.165) is 12.3 Å². The first kappa shape index (κ1) is 18.5. The third-order valence-corrected chi connectivity index (χ3v) is 4.65. The highest BCUT2D eigenvalue weighted by Crippen LogP contribution is 2.29. The number of hydrogen-bond acceptors (Lipinski definition) is 4. The smallest absolute Gasteiger partial charge is 0.417 e. The van der Waals surface area contributed by atoms with Crippen molar-refractivity contribution in [1.29, 1.82) is 0 Å². The Labute approximate surface area is 156 Å². The van der Waals surface area contributed by atoms with E-state index in [2.05, 4.69) is 20.9 Å². The van der Waals surface area contributed by atoms with E-state index >= 15 is 0 Å². The minimum absolute atomic E-state index is 0.0926. The van der Waals surface area contributed by atoms with Gasteiger partial charge in [-0.3, -0.25) is 4.79 Å². The number of nitrogens with zero attached hydrogens (tertiary/aromatic N) is 3. The molecule has 0 atom stereocenters. The van der Waals surface area contributed by atoms with Gasteiger partial charge in [-0.25, -0.2) is 4.98 Å². The molecular formula is C17H15BrF3N3O2. The molecule has 1 amide bonds. The van der Waals surface area contributed by atoms with E-state index in [0.29, 0.717) is 36.5 Å². The third kappa shape index (κ3) is 3.92. The molecule has 2 heterocycles. The Kier molecular flexibility index (Phi) is 5.08. The summed E-state index contributed by atoms with van der Waals surface area (Å²) in [6.45, 7) is 1.65. The van der Waals surface area contributed by atoms with Crippen LogP contribution in [0.2, 0.25) is 0 Å². The number of pyridine rings is 1. The highest BCUT2D eigenvalue weighted by atomic mass is 79.9. The molecule has 2 aromatic rings. The SMILES string of the molecule is O=C(c1cc(Br)ccc1O)N1CCN(c2ccc(C(F)(F)F)cn2)CC1. The Morgan fingerprint density at radius 2 is 1.81 bits per heavy atom. The van der Waals surface area contributed by atoms with Crippen LogP contribution in [0.25, 0.3) is 0 Å². The fourth-order valence-electron chi connectivity index (χ4n) is 2.73. The Morgan fingerprint density at radius 3 is 2.38 bits per heavy atom. The van der Waals surface area contributed by atoms with Gasteiger partial charge in [0.05, 0.1) is 11.1 Å². The molecule has 0 radical (unpaired) electrons. The summed E-state index contributed by atoms with van der Waals surface area (Å²) in [6.07, 6.45) is -3.60. The zero-order chi connectivity index (χ0) is 18.9. The van der Waals surface area contributed by atoms with E-state index in [1.54, 1.807) is 17.0 Å². The highest BCUT2D eigenvalue weighted by molar-refractivity contribution is 9.10. The third-order valence-electron chi connectivity index (χ3n) is 4.16. The van der Waals surface area contributed by atoms with Crippen LogP contribution in [0, 0.1) is 0 Å². The molecule has 0 bridgehead atoms. The average molecular weight is 430 g/mol. The maximum Gasteiger partial charge on any atom is 0.417 e. The highest BCUT2D eigenvalue weighted by Gasteiger charge is 2.31. The normalized spacial score (nSPS) is 15.2. The van der Waals surface area contributed by atoms with Gasteiger partial charge in [0.1, 0.15) is 11.6 Å². The van der Waals surface area contributed by atoms with Gasteiger partial charge in [0.15, 0.2) is 0 Å². The second-order valence-electron chi connectivity index (χ2n) is 5.84. The van der Waals surface area contributed by atoms with Gasteiger partial charge in [-0.2, -0.15) is 13.2 Å². The fourth-order valence-corrected chi connectivity index (χ4v) is 3.09. The molecule has 9 heteroatoms. The molecule has 1 aliphatic rings. The maximum atomic E-state index is 12.6. The summed E-state index contributed by atoms with van der Waals surface area (Å²) in [7, 11) is 0. The second kappa shape index (κ2) is 7.14. The lowest BCUT2D eigenvalue weighted by Gasteiger charge is -2.35. The predicted molar refractivity (Wildman–Crippen MR) is 93.2 cm³/mol. The number of rotatable bonds is 2. The van der Waals surface area contributed by atoms with Crippen molar-refractivity contribution < 1.29 is 23.1 Å². The molecule has 0 aliphatic carbocycles. The van der Waals surface area contributed by atoms with Gasteiger partial charge in [0.2, 0.25) is 0 Å². The van der Waals surface area contributed by atoms with Crippen molar-refractivity contribution >= 4 is 27.7 Å². The van der Waals surface area contributed by atoms with Crippen LogP contribution in [0.5, 0.6) is 5.75 Å². The van der Waals surface area contributed by atoms with Crippen molar-refractivity contribution in [3.05, 3.63) is 52.1 Å². The van der Waals surface area contributed by atoms with Gasteiger partial charge >= 0.3 is 6.18 Å². The minimum Gasteiger partial charge on any atom is -0.507 e. The Balaban J connectivity index is 1.65. The van der Waals surface area contributed by atoms with Crippen LogP contribution in [-0.4, -0.2) is 47.1 Å². The number of anilines is 1. The molecule has 138 valence electrons. The lowest BCUT2D eigenvalue weighted by Crippen LogP contribution is -2.49. The molecular weight excluding hydrogens is 415 g/mol. The van der Waals surface area contributed by atoms with Crippen molar-refractivity contribution in [3.8, 4) is 5.75 Å². The number of benzene rings is 1. The standard InChI is InChI=1S/C17H15BrF3N3O2/c18-12-2-3-14(25)13(9-12)16(26)24-7-5-23(6-8-24)15-4-1-11(10-22-15)17(19,20)21/h1-4,9-10,25H,5-8H2. The summed E-state index contributed by atoms with van der Waals surface area (Å²) in [5.41, 5.74) is -0.583. The number of piperazine rings is 1. The van der Waals surface area contributed by atoms with Gasteiger partial charge in [0.25, 0.3) is 5.91 Å².